The van der Waals surface area contributed by atoms with Crippen LogP contribution in [0, 0.1) is 5.82 Å². The lowest BCUT2D eigenvalue weighted by atomic mass is 10.3. The maximum Gasteiger partial charge on any atom is 0.262 e. The average molecular weight is 328 g/mol. The normalized spacial score (nSPS) is 11.5. The summed E-state index contributed by atoms with van der Waals surface area (Å²) >= 11 is 1.38. The molecule has 2 rings (SSSR count). The summed E-state index contributed by atoms with van der Waals surface area (Å²) in [6, 6.07) is 7.01. The highest BCUT2D eigenvalue weighted by atomic mass is 32.2. The lowest BCUT2D eigenvalue weighted by molar-refractivity contribution is 0.601. The lowest BCUT2D eigenvalue weighted by Crippen LogP contribution is -2.13. The maximum atomic E-state index is 13.1. The van der Waals surface area contributed by atoms with E-state index >= 15 is 0 Å². The maximum absolute atomic E-state index is 13.1. The van der Waals surface area contributed by atoms with Crippen molar-refractivity contribution in [3.05, 3.63) is 46.4 Å². The average Bonchev–Trinajstić information content (AvgIpc) is 2.88. The predicted molar refractivity (Wildman–Crippen MR) is 83.5 cm³/mol. The van der Waals surface area contributed by atoms with Crippen molar-refractivity contribution in [1.29, 1.82) is 0 Å². The summed E-state index contributed by atoms with van der Waals surface area (Å²) in [5.41, 5.74) is 0.215. The first-order valence-electron chi connectivity index (χ1n) is 6.58. The van der Waals surface area contributed by atoms with Crippen molar-refractivity contribution in [2.75, 3.05) is 11.3 Å². The molecule has 21 heavy (non-hydrogen) atoms. The summed E-state index contributed by atoms with van der Waals surface area (Å²) in [4.78, 5) is 1.15. The number of hydrogen-bond donors (Lipinski definition) is 2. The van der Waals surface area contributed by atoms with E-state index in [-0.39, 0.29) is 10.6 Å². The summed E-state index contributed by atoms with van der Waals surface area (Å²) in [6.07, 6.45) is 1.03. The second-order valence-electron chi connectivity index (χ2n) is 4.54. The summed E-state index contributed by atoms with van der Waals surface area (Å²) in [5, 5.41) is 4.81. The third kappa shape index (κ3) is 4.52. The molecular weight excluding hydrogens is 311 g/mol. The van der Waals surface area contributed by atoms with E-state index in [0.717, 1.165) is 23.9 Å². The van der Waals surface area contributed by atoms with Crippen LogP contribution < -0.4 is 10.0 Å². The molecule has 114 valence electrons. The Morgan fingerprint density at radius 3 is 2.81 bits per heavy atom. The molecule has 0 aliphatic rings. The van der Waals surface area contributed by atoms with Crippen molar-refractivity contribution >= 4 is 27.0 Å². The molecule has 0 aliphatic carbocycles. The fourth-order valence-electron chi connectivity index (χ4n) is 1.75. The van der Waals surface area contributed by atoms with Gasteiger partial charge in [-0.15, -0.1) is 11.3 Å². The van der Waals surface area contributed by atoms with Gasteiger partial charge in [0.1, 0.15) is 5.82 Å². The third-order valence-electron chi connectivity index (χ3n) is 2.74. The van der Waals surface area contributed by atoms with Gasteiger partial charge < -0.3 is 5.32 Å². The molecule has 0 unspecified atom stereocenters. The van der Waals surface area contributed by atoms with Crippen LogP contribution >= 0.6 is 11.3 Å². The highest BCUT2D eigenvalue weighted by molar-refractivity contribution is 7.92. The number of anilines is 1. The van der Waals surface area contributed by atoms with Crippen molar-refractivity contribution in [3.63, 3.8) is 0 Å². The van der Waals surface area contributed by atoms with Gasteiger partial charge in [0, 0.05) is 16.8 Å². The molecule has 4 nitrogen and oxygen atoms in total. The number of hydrogen-bond acceptors (Lipinski definition) is 4. The van der Waals surface area contributed by atoms with E-state index in [1.165, 1.54) is 29.5 Å². The Balaban J connectivity index is 2.09. The van der Waals surface area contributed by atoms with Crippen LogP contribution in [0.1, 0.15) is 18.2 Å². The first-order chi connectivity index (χ1) is 10.0. The van der Waals surface area contributed by atoms with Gasteiger partial charge in [-0.1, -0.05) is 13.0 Å². The first kappa shape index (κ1) is 15.9. The molecule has 1 heterocycles. The Morgan fingerprint density at radius 2 is 2.10 bits per heavy atom. The number of rotatable bonds is 7. The molecule has 2 N–H and O–H groups in total. The molecule has 0 radical (unpaired) electrons. The summed E-state index contributed by atoms with van der Waals surface area (Å²) in [5.74, 6) is -0.482. The van der Waals surface area contributed by atoms with Gasteiger partial charge in [0.25, 0.3) is 10.0 Å². The summed E-state index contributed by atoms with van der Waals surface area (Å²) < 4.78 is 39.9. The standard InChI is InChI=1S/C14H17FN2O2S2/c1-2-6-16-9-13-8-14(10-20-13)21(18,19)17-12-5-3-4-11(15)7-12/h3-5,7-8,10,16-17H,2,6,9H2,1H3. The second kappa shape index (κ2) is 7.02. The monoisotopic (exact) mass is 328 g/mol. The van der Waals surface area contributed by atoms with Crippen molar-refractivity contribution in [1.82, 2.24) is 5.32 Å². The Bertz CT molecular complexity index is 699. The Hall–Kier alpha value is -1.44. The van der Waals surface area contributed by atoms with Crippen LogP contribution in [0.15, 0.2) is 40.6 Å². The highest BCUT2D eigenvalue weighted by Gasteiger charge is 2.16. The van der Waals surface area contributed by atoms with Gasteiger partial charge in [-0.25, -0.2) is 12.8 Å². The number of nitrogens with one attached hydrogen (secondary N) is 2. The zero-order valence-corrected chi connectivity index (χ0v) is 13.2. The lowest BCUT2D eigenvalue weighted by Gasteiger charge is -2.06. The van der Waals surface area contributed by atoms with Crippen molar-refractivity contribution < 1.29 is 12.8 Å². The quantitative estimate of drug-likeness (QED) is 0.768. The van der Waals surface area contributed by atoms with Crippen LogP contribution in [-0.4, -0.2) is 15.0 Å². The Labute approximate surface area is 128 Å². The molecule has 0 saturated heterocycles. The Morgan fingerprint density at radius 1 is 1.29 bits per heavy atom. The molecule has 0 bridgehead atoms. The van der Waals surface area contributed by atoms with Crippen molar-refractivity contribution in [2.24, 2.45) is 0 Å². The fraction of sp³-hybridized carbons (Fsp3) is 0.286. The van der Waals surface area contributed by atoms with Crippen LogP contribution in [0.2, 0.25) is 0 Å². The minimum absolute atomic E-state index is 0.199. The molecule has 7 heteroatoms. The third-order valence-corrected chi connectivity index (χ3v) is 5.19. The number of halogens is 1. The molecular formula is C14H17FN2O2S2. The summed E-state index contributed by atoms with van der Waals surface area (Å²) in [6.45, 7) is 3.61. The zero-order valence-electron chi connectivity index (χ0n) is 11.6. The van der Waals surface area contributed by atoms with Gasteiger partial charge >= 0.3 is 0 Å². The largest absolute Gasteiger partial charge is 0.312 e. The van der Waals surface area contributed by atoms with E-state index in [0.29, 0.717) is 6.54 Å². The molecule has 1 aromatic carbocycles. The van der Waals surface area contributed by atoms with E-state index < -0.39 is 15.8 Å². The molecule has 1 aromatic heterocycles. The van der Waals surface area contributed by atoms with Gasteiger partial charge in [0.05, 0.1) is 10.6 Å². The van der Waals surface area contributed by atoms with Crippen molar-refractivity contribution in [3.8, 4) is 0 Å². The second-order valence-corrected chi connectivity index (χ2v) is 7.22. The van der Waals surface area contributed by atoms with Crippen LogP contribution in [0.4, 0.5) is 10.1 Å². The summed E-state index contributed by atoms with van der Waals surface area (Å²) in [7, 11) is -3.67. The molecule has 0 saturated carbocycles. The number of benzene rings is 1. The van der Waals surface area contributed by atoms with E-state index in [1.807, 2.05) is 0 Å². The molecule has 0 atom stereocenters. The van der Waals surface area contributed by atoms with Gasteiger partial charge in [-0.3, -0.25) is 4.72 Å². The molecule has 0 aliphatic heterocycles. The fourth-order valence-corrected chi connectivity index (χ4v) is 4.04. The van der Waals surface area contributed by atoms with Crippen molar-refractivity contribution in [2.45, 2.75) is 24.8 Å². The number of thiophene rings is 1. The van der Waals surface area contributed by atoms with E-state index in [9.17, 15) is 12.8 Å². The van der Waals surface area contributed by atoms with E-state index in [4.69, 9.17) is 0 Å². The molecule has 0 amide bonds. The first-order valence-corrected chi connectivity index (χ1v) is 8.94. The zero-order chi connectivity index (χ0) is 15.3. The predicted octanol–water partition coefficient (Wildman–Crippen LogP) is 3.19. The molecule has 0 fully saturated rings. The minimum atomic E-state index is -3.67. The van der Waals surface area contributed by atoms with E-state index in [1.54, 1.807) is 11.4 Å². The topological polar surface area (TPSA) is 58.2 Å². The highest BCUT2D eigenvalue weighted by Crippen LogP contribution is 2.22. The van der Waals surface area contributed by atoms with Crippen LogP contribution in [0.25, 0.3) is 0 Å². The molecule has 2 aromatic rings. The van der Waals surface area contributed by atoms with Gasteiger partial charge in [-0.05, 0) is 37.2 Å². The van der Waals surface area contributed by atoms with Gasteiger partial charge in [0.15, 0.2) is 0 Å². The van der Waals surface area contributed by atoms with Crippen LogP contribution in [0.5, 0.6) is 0 Å². The molecule has 0 spiro atoms. The van der Waals surface area contributed by atoms with E-state index in [2.05, 4.69) is 17.0 Å². The van der Waals surface area contributed by atoms with Gasteiger partial charge in [-0.2, -0.15) is 0 Å². The van der Waals surface area contributed by atoms with Gasteiger partial charge in [0.2, 0.25) is 0 Å². The Kier molecular flexibility index (Phi) is 5.33. The van der Waals surface area contributed by atoms with Crippen LogP contribution in [-0.2, 0) is 16.6 Å². The SMILES string of the molecule is CCCNCc1cc(S(=O)(=O)Nc2cccc(F)c2)cs1. The number of sulfonamides is 1. The van der Waals surface area contributed by atoms with Crippen LogP contribution in [0.3, 0.4) is 0 Å². The minimum Gasteiger partial charge on any atom is -0.312 e. The smallest absolute Gasteiger partial charge is 0.262 e.